The van der Waals surface area contributed by atoms with Gasteiger partial charge in [-0.2, -0.15) is 0 Å². The van der Waals surface area contributed by atoms with Crippen LogP contribution < -0.4 is 16.0 Å². The molecule has 0 aromatic heterocycles. The van der Waals surface area contributed by atoms with Crippen LogP contribution in [0.5, 0.6) is 0 Å². The molecule has 3 amide bonds. The monoisotopic (exact) mass is 299 g/mol. The summed E-state index contributed by atoms with van der Waals surface area (Å²) in [5, 5.41) is 16.9. The van der Waals surface area contributed by atoms with Crippen molar-refractivity contribution in [3.63, 3.8) is 0 Å². The standard InChI is InChI=1S/C14H25N3O4/c1-14(2,6-5-12(19)20)7-8-15-13(21)16-9-10-3-4-11(18)17-10/h10H,3-9H2,1-2H3,(H,17,18)(H,19,20)(H2,15,16,21). The smallest absolute Gasteiger partial charge is 0.314 e. The quantitative estimate of drug-likeness (QED) is 0.533. The third-order valence-electron chi connectivity index (χ3n) is 3.70. The van der Waals surface area contributed by atoms with E-state index in [0.717, 1.165) is 6.42 Å². The first kappa shape index (κ1) is 17.3. The molecule has 7 nitrogen and oxygen atoms in total. The lowest BCUT2D eigenvalue weighted by molar-refractivity contribution is -0.137. The van der Waals surface area contributed by atoms with Crippen LogP contribution in [-0.4, -0.2) is 42.1 Å². The van der Waals surface area contributed by atoms with E-state index in [1.807, 2.05) is 13.8 Å². The Morgan fingerprint density at radius 3 is 2.62 bits per heavy atom. The van der Waals surface area contributed by atoms with Crippen molar-refractivity contribution < 1.29 is 19.5 Å². The molecule has 4 N–H and O–H groups in total. The summed E-state index contributed by atoms with van der Waals surface area (Å²) in [7, 11) is 0. The Balaban J connectivity index is 2.12. The average molecular weight is 299 g/mol. The lowest BCUT2D eigenvalue weighted by Crippen LogP contribution is -2.43. The van der Waals surface area contributed by atoms with Crippen LogP contribution >= 0.6 is 0 Å². The van der Waals surface area contributed by atoms with Gasteiger partial charge in [0.1, 0.15) is 0 Å². The minimum absolute atomic E-state index is 0.0234. The van der Waals surface area contributed by atoms with Gasteiger partial charge in [-0.25, -0.2) is 4.79 Å². The molecule has 0 saturated carbocycles. The first-order valence-corrected chi connectivity index (χ1v) is 7.31. The molecule has 120 valence electrons. The molecular weight excluding hydrogens is 274 g/mol. The Hall–Kier alpha value is -1.79. The normalized spacial score (nSPS) is 18.2. The molecule has 1 fully saturated rings. The second-order valence-corrected chi connectivity index (χ2v) is 6.25. The zero-order chi connectivity index (χ0) is 15.9. The van der Waals surface area contributed by atoms with E-state index < -0.39 is 5.97 Å². The molecule has 1 saturated heterocycles. The van der Waals surface area contributed by atoms with Gasteiger partial charge >= 0.3 is 12.0 Å². The van der Waals surface area contributed by atoms with Crippen molar-refractivity contribution in [3.8, 4) is 0 Å². The van der Waals surface area contributed by atoms with Gasteiger partial charge in [0.25, 0.3) is 0 Å². The molecule has 21 heavy (non-hydrogen) atoms. The number of carboxylic acid groups (broad SMARTS) is 1. The lowest BCUT2D eigenvalue weighted by atomic mass is 9.84. The molecule has 0 aliphatic carbocycles. The highest BCUT2D eigenvalue weighted by atomic mass is 16.4. The molecule has 7 heteroatoms. The van der Waals surface area contributed by atoms with Crippen LogP contribution in [0, 0.1) is 5.41 Å². The Labute approximate surface area is 124 Å². The van der Waals surface area contributed by atoms with Gasteiger partial charge in [0.2, 0.25) is 5.91 Å². The highest BCUT2D eigenvalue weighted by Gasteiger charge is 2.21. The highest BCUT2D eigenvalue weighted by Crippen LogP contribution is 2.25. The van der Waals surface area contributed by atoms with Crippen molar-refractivity contribution in [1.29, 1.82) is 0 Å². The van der Waals surface area contributed by atoms with Crippen LogP contribution in [0.4, 0.5) is 4.79 Å². The maximum Gasteiger partial charge on any atom is 0.314 e. The molecule has 1 atom stereocenters. The molecule has 1 rings (SSSR count). The van der Waals surface area contributed by atoms with Crippen LogP contribution in [0.25, 0.3) is 0 Å². The zero-order valence-corrected chi connectivity index (χ0v) is 12.7. The van der Waals surface area contributed by atoms with Crippen LogP contribution in [0.1, 0.15) is 46.0 Å². The lowest BCUT2D eigenvalue weighted by Gasteiger charge is -2.24. The van der Waals surface area contributed by atoms with Gasteiger partial charge < -0.3 is 21.1 Å². The maximum atomic E-state index is 11.6. The second kappa shape index (κ2) is 7.85. The highest BCUT2D eigenvalue weighted by molar-refractivity contribution is 5.79. The van der Waals surface area contributed by atoms with E-state index in [1.165, 1.54) is 0 Å². The third kappa shape index (κ3) is 7.53. The number of urea groups is 1. The number of hydrogen-bond acceptors (Lipinski definition) is 3. The zero-order valence-electron chi connectivity index (χ0n) is 12.7. The molecule has 0 aromatic carbocycles. The van der Waals surface area contributed by atoms with E-state index in [-0.39, 0.29) is 29.8 Å². The van der Waals surface area contributed by atoms with E-state index in [1.54, 1.807) is 0 Å². The van der Waals surface area contributed by atoms with Crippen molar-refractivity contribution in [2.75, 3.05) is 13.1 Å². The third-order valence-corrected chi connectivity index (χ3v) is 3.70. The molecule has 0 spiro atoms. The summed E-state index contributed by atoms with van der Waals surface area (Å²) in [6, 6.07) is -0.236. The minimum Gasteiger partial charge on any atom is -0.481 e. The number of carbonyl (C=O) groups is 3. The van der Waals surface area contributed by atoms with Crippen LogP contribution in [0.3, 0.4) is 0 Å². The van der Waals surface area contributed by atoms with E-state index >= 15 is 0 Å². The van der Waals surface area contributed by atoms with Crippen LogP contribution in [0.2, 0.25) is 0 Å². The average Bonchev–Trinajstić information content (AvgIpc) is 2.80. The summed E-state index contributed by atoms with van der Waals surface area (Å²) in [5.74, 6) is -0.769. The number of aliphatic carboxylic acids is 1. The first-order valence-electron chi connectivity index (χ1n) is 7.31. The van der Waals surface area contributed by atoms with Crippen molar-refractivity contribution in [3.05, 3.63) is 0 Å². The number of amides is 3. The molecule has 0 radical (unpaired) electrons. The van der Waals surface area contributed by atoms with Crippen LogP contribution in [-0.2, 0) is 9.59 Å². The molecule has 1 aliphatic rings. The summed E-state index contributed by atoms with van der Waals surface area (Å²) in [5.41, 5.74) is -0.120. The van der Waals surface area contributed by atoms with Gasteiger partial charge in [0, 0.05) is 32.0 Å². The van der Waals surface area contributed by atoms with Gasteiger partial charge in [-0.05, 0) is 24.7 Å². The van der Waals surface area contributed by atoms with Crippen molar-refractivity contribution in [2.45, 2.75) is 52.0 Å². The first-order chi connectivity index (χ1) is 9.78. The Kier molecular flexibility index (Phi) is 6.45. The van der Waals surface area contributed by atoms with E-state index in [0.29, 0.717) is 32.4 Å². The minimum atomic E-state index is -0.799. The molecule has 1 aliphatic heterocycles. The fourth-order valence-corrected chi connectivity index (χ4v) is 2.19. The summed E-state index contributed by atoms with van der Waals surface area (Å²) in [6.07, 6.45) is 2.71. The number of rotatable bonds is 8. The summed E-state index contributed by atoms with van der Waals surface area (Å²) >= 11 is 0. The predicted octanol–water partition coefficient (Wildman–Crippen LogP) is 0.845. The summed E-state index contributed by atoms with van der Waals surface area (Å²) in [6.45, 7) is 4.91. The van der Waals surface area contributed by atoms with Gasteiger partial charge in [-0.3, -0.25) is 9.59 Å². The van der Waals surface area contributed by atoms with Crippen molar-refractivity contribution >= 4 is 17.9 Å². The van der Waals surface area contributed by atoms with Crippen LogP contribution in [0.15, 0.2) is 0 Å². The van der Waals surface area contributed by atoms with Gasteiger partial charge in [0.05, 0.1) is 0 Å². The Bertz CT molecular complexity index is 396. The largest absolute Gasteiger partial charge is 0.481 e. The second-order valence-electron chi connectivity index (χ2n) is 6.25. The van der Waals surface area contributed by atoms with E-state index in [4.69, 9.17) is 5.11 Å². The number of nitrogens with one attached hydrogen (secondary N) is 3. The Morgan fingerprint density at radius 1 is 1.33 bits per heavy atom. The molecule has 0 bridgehead atoms. The fraction of sp³-hybridized carbons (Fsp3) is 0.786. The number of carboxylic acids is 1. The van der Waals surface area contributed by atoms with E-state index in [2.05, 4.69) is 16.0 Å². The molecular formula is C14H25N3O4. The summed E-state index contributed by atoms with van der Waals surface area (Å²) < 4.78 is 0. The van der Waals surface area contributed by atoms with Gasteiger partial charge in [0.15, 0.2) is 0 Å². The maximum absolute atomic E-state index is 11.6. The number of carbonyl (C=O) groups excluding carboxylic acids is 2. The van der Waals surface area contributed by atoms with Crippen molar-refractivity contribution in [2.24, 2.45) is 5.41 Å². The van der Waals surface area contributed by atoms with E-state index in [9.17, 15) is 14.4 Å². The predicted molar refractivity (Wildman–Crippen MR) is 77.8 cm³/mol. The SMILES string of the molecule is CC(C)(CCNC(=O)NCC1CCC(=O)N1)CCC(=O)O. The fourth-order valence-electron chi connectivity index (χ4n) is 2.19. The molecule has 1 unspecified atom stereocenters. The topological polar surface area (TPSA) is 108 Å². The van der Waals surface area contributed by atoms with Gasteiger partial charge in [-0.1, -0.05) is 13.8 Å². The number of hydrogen-bond donors (Lipinski definition) is 4. The molecule has 0 aromatic rings. The van der Waals surface area contributed by atoms with Gasteiger partial charge in [-0.15, -0.1) is 0 Å². The van der Waals surface area contributed by atoms with Crippen molar-refractivity contribution in [1.82, 2.24) is 16.0 Å². The summed E-state index contributed by atoms with van der Waals surface area (Å²) in [4.78, 5) is 33.2. The Morgan fingerprint density at radius 2 is 2.05 bits per heavy atom. The molecule has 1 heterocycles.